The molecule has 0 aliphatic heterocycles. The van der Waals surface area contributed by atoms with Crippen molar-refractivity contribution in [1.29, 1.82) is 0 Å². The van der Waals surface area contributed by atoms with E-state index in [1.165, 1.54) is 6.07 Å². The van der Waals surface area contributed by atoms with Gasteiger partial charge in [0.1, 0.15) is 11.6 Å². The molecular weight excluding hydrogens is 367 g/mol. The summed E-state index contributed by atoms with van der Waals surface area (Å²) in [5.41, 5.74) is 1.77. The highest BCUT2D eigenvalue weighted by atomic mass is 19.1. The molecule has 0 saturated heterocycles. The predicted octanol–water partition coefficient (Wildman–Crippen LogP) is 5.10. The molecule has 0 radical (unpaired) electrons. The minimum atomic E-state index is -0.220. The van der Waals surface area contributed by atoms with Gasteiger partial charge in [0.15, 0.2) is 5.76 Å². The van der Waals surface area contributed by atoms with Crippen LogP contribution < -0.4 is 0 Å². The first-order chi connectivity index (χ1) is 14.1. The fourth-order valence-corrected chi connectivity index (χ4v) is 3.34. The van der Waals surface area contributed by atoms with Crippen LogP contribution in [0.4, 0.5) is 4.39 Å². The number of carbonyl (C=O) groups excluding carboxylic acids is 1. The van der Waals surface area contributed by atoms with E-state index in [2.05, 4.69) is 4.90 Å². The molecule has 2 aromatic carbocycles. The molecule has 4 nitrogen and oxygen atoms in total. The van der Waals surface area contributed by atoms with Gasteiger partial charge in [0.25, 0.3) is 5.91 Å². The fraction of sp³-hybridized carbons (Fsp3) is 0.292. The van der Waals surface area contributed by atoms with Crippen LogP contribution in [0.3, 0.4) is 0 Å². The molecule has 152 valence electrons. The normalized spacial score (nSPS) is 11.0. The van der Waals surface area contributed by atoms with Crippen LogP contribution >= 0.6 is 0 Å². The standard InChI is InChI=1S/C24H27FN2O2/c1-3-27(4-2)24(28)23-15-14-21(29-23)18-26(16-19-10-6-5-7-11-19)17-20-12-8-9-13-22(20)25/h5-15H,3-4,16-18H2,1-2H3. The first kappa shape index (κ1) is 20.8. The van der Waals surface area contributed by atoms with Crippen molar-refractivity contribution in [3.8, 4) is 0 Å². The van der Waals surface area contributed by atoms with Crippen molar-refractivity contribution >= 4 is 5.91 Å². The van der Waals surface area contributed by atoms with Crippen LogP contribution in [0.2, 0.25) is 0 Å². The molecule has 1 amide bonds. The van der Waals surface area contributed by atoms with Crippen LogP contribution in [0.5, 0.6) is 0 Å². The van der Waals surface area contributed by atoms with E-state index in [-0.39, 0.29) is 11.7 Å². The molecule has 0 spiro atoms. The van der Waals surface area contributed by atoms with Crippen molar-refractivity contribution in [2.75, 3.05) is 13.1 Å². The second-order valence-corrected chi connectivity index (χ2v) is 6.97. The number of carbonyl (C=O) groups is 1. The summed E-state index contributed by atoms with van der Waals surface area (Å²) in [5.74, 6) is 0.703. The van der Waals surface area contributed by atoms with E-state index in [1.807, 2.05) is 56.3 Å². The van der Waals surface area contributed by atoms with Gasteiger partial charge in [0, 0.05) is 31.7 Å². The second-order valence-electron chi connectivity index (χ2n) is 6.97. The highest BCUT2D eigenvalue weighted by molar-refractivity contribution is 5.91. The summed E-state index contributed by atoms with van der Waals surface area (Å²) in [6.07, 6.45) is 0. The van der Waals surface area contributed by atoms with Crippen LogP contribution in [-0.2, 0) is 19.6 Å². The van der Waals surface area contributed by atoms with Gasteiger partial charge in [-0.25, -0.2) is 4.39 Å². The van der Waals surface area contributed by atoms with Crippen molar-refractivity contribution in [2.24, 2.45) is 0 Å². The zero-order valence-electron chi connectivity index (χ0n) is 17.0. The Balaban J connectivity index is 1.78. The number of rotatable bonds is 9. The lowest BCUT2D eigenvalue weighted by Gasteiger charge is -2.22. The summed E-state index contributed by atoms with van der Waals surface area (Å²) < 4.78 is 20.0. The summed E-state index contributed by atoms with van der Waals surface area (Å²) in [6, 6.07) is 20.4. The molecule has 3 rings (SSSR count). The van der Waals surface area contributed by atoms with Crippen LogP contribution in [0, 0.1) is 5.82 Å². The third kappa shape index (κ3) is 5.55. The van der Waals surface area contributed by atoms with E-state index in [9.17, 15) is 9.18 Å². The largest absolute Gasteiger partial charge is 0.455 e. The topological polar surface area (TPSA) is 36.7 Å². The average molecular weight is 394 g/mol. The molecule has 0 N–H and O–H groups in total. The summed E-state index contributed by atoms with van der Waals surface area (Å²) in [6.45, 7) is 6.74. The lowest BCUT2D eigenvalue weighted by Crippen LogP contribution is -2.30. The van der Waals surface area contributed by atoms with E-state index >= 15 is 0 Å². The SMILES string of the molecule is CCN(CC)C(=O)c1ccc(CN(Cc2ccccc2)Cc2ccccc2F)o1. The number of hydrogen-bond acceptors (Lipinski definition) is 3. The molecule has 0 saturated carbocycles. The molecule has 0 fully saturated rings. The quantitative estimate of drug-likeness (QED) is 0.506. The van der Waals surface area contributed by atoms with Gasteiger partial charge < -0.3 is 9.32 Å². The molecule has 1 aromatic heterocycles. The van der Waals surface area contributed by atoms with Crippen molar-refractivity contribution in [2.45, 2.75) is 33.5 Å². The third-order valence-electron chi connectivity index (χ3n) is 4.90. The monoisotopic (exact) mass is 394 g/mol. The molecule has 0 atom stereocenters. The van der Waals surface area contributed by atoms with E-state index in [1.54, 1.807) is 23.1 Å². The number of halogens is 1. The molecule has 29 heavy (non-hydrogen) atoms. The number of hydrogen-bond donors (Lipinski definition) is 0. The number of nitrogens with zero attached hydrogens (tertiary/aromatic N) is 2. The lowest BCUT2D eigenvalue weighted by molar-refractivity contribution is 0.0736. The van der Waals surface area contributed by atoms with Crippen LogP contribution in [0.15, 0.2) is 71.1 Å². The number of furan rings is 1. The van der Waals surface area contributed by atoms with E-state index in [0.29, 0.717) is 49.8 Å². The maximum absolute atomic E-state index is 14.2. The predicted molar refractivity (Wildman–Crippen MR) is 112 cm³/mol. The molecular formula is C24H27FN2O2. The van der Waals surface area contributed by atoms with Crippen molar-refractivity contribution in [3.63, 3.8) is 0 Å². The lowest BCUT2D eigenvalue weighted by atomic mass is 10.1. The van der Waals surface area contributed by atoms with Gasteiger partial charge in [-0.05, 0) is 37.6 Å². The smallest absolute Gasteiger partial charge is 0.289 e. The minimum Gasteiger partial charge on any atom is -0.455 e. The first-order valence-electron chi connectivity index (χ1n) is 9.98. The first-order valence-corrected chi connectivity index (χ1v) is 9.98. The summed E-state index contributed by atoms with van der Waals surface area (Å²) in [7, 11) is 0. The summed E-state index contributed by atoms with van der Waals surface area (Å²) >= 11 is 0. The van der Waals surface area contributed by atoms with Crippen LogP contribution in [0.25, 0.3) is 0 Å². The van der Waals surface area contributed by atoms with Gasteiger partial charge in [-0.15, -0.1) is 0 Å². The van der Waals surface area contributed by atoms with Gasteiger partial charge >= 0.3 is 0 Å². The Hall–Kier alpha value is -2.92. The minimum absolute atomic E-state index is 0.107. The van der Waals surface area contributed by atoms with E-state index < -0.39 is 0 Å². The molecule has 3 aromatic rings. The second kappa shape index (κ2) is 10.0. The van der Waals surface area contributed by atoms with Gasteiger partial charge in [-0.3, -0.25) is 9.69 Å². The Morgan fingerprint density at radius 2 is 1.55 bits per heavy atom. The third-order valence-corrected chi connectivity index (χ3v) is 4.90. The molecule has 0 aliphatic carbocycles. The Bertz CT molecular complexity index is 919. The van der Waals surface area contributed by atoms with Gasteiger partial charge in [0.05, 0.1) is 6.54 Å². The van der Waals surface area contributed by atoms with Gasteiger partial charge in [-0.2, -0.15) is 0 Å². The Kier molecular flexibility index (Phi) is 7.19. The molecule has 0 unspecified atom stereocenters. The fourth-order valence-electron chi connectivity index (χ4n) is 3.34. The number of benzene rings is 2. The molecule has 5 heteroatoms. The zero-order chi connectivity index (χ0) is 20.6. The van der Waals surface area contributed by atoms with Gasteiger partial charge in [-0.1, -0.05) is 48.5 Å². The zero-order valence-corrected chi connectivity index (χ0v) is 17.0. The van der Waals surface area contributed by atoms with E-state index in [4.69, 9.17) is 4.42 Å². The van der Waals surface area contributed by atoms with Crippen molar-refractivity contribution < 1.29 is 13.6 Å². The van der Waals surface area contributed by atoms with E-state index in [0.717, 1.165) is 5.56 Å². The molecule has 1 heterocycles. The van der Waals surface area contributed by atoms with Gasteiger partial charge in [0.2, 0.25) is 0 Å². The highest BCUT2D eigenvalue weighted by Gasteiger charge is 2.18. The number of amides is 1. The Morgan fingerprint density at radius 3 is 2.24 bits per heavy atom. The maximum atomic E-state index is 14.2. The van der Waals surface area contributed by atoms with Crippen LogP contribution in [-0.4, -0.2) is 28.8 Å². The Labute approximate surface area is 171 Å². The summed E-state index contributed by atoms with van der Waals surface area (Å²) in [4.78, 5) is 16.3. The highest BCUT2D eigenvalue weighted by Crippen LogP contribution is 2.18. The van der Waals surface area contributed by atoms with Crippen molar-refractivity contribution in [1.82, 2.24) is 9.80 Å². The van der Waals surface area contributed by atoms with Crippen LogP contribution in [0.1, 0.15) is 41.3 Å². The molecule has 0 bridgehead atoms. The summed E-state index contributed by atoms with van der Waals surface area (Å²) in [5, 5.41) is 0. The van der Waals surface area contributed by atoms with Crippen molar-refractivity contribution in [3.05, 3.63) is 95.2 Å². The Morgan fingerprint density at radius 1 is 0.862 bits per heavy atom. The average Bonchev–Trinajstić information content (AvgIpc) is 3.20. The maximum Gasteiger partial charge on any atom is 0.289 e. The molecule has 0 aliphatic rings.